The monoisotopic (exact) mass is 375 g/mol. The van der Waals surface area contributed by atoms with Crippen LogP contribution in [0.5, 0.6) is 11.5 Å². The maximum Gasteiger partial charge on any atom is 0.262 e. The summed E-state index contributed by atoms with van der Waals surface area (Å²) in [6.07, 6.45) is 2.32. The minimum atomic E-state index is -0.229. The van der Waals surface area contributed by atoms with Gasteiger partial charge in [-0.2, -0.15) is 0 Å². The number of hydrogen-bond acceptors (Lipinski definition) is 4. The van der Waals surface area contributed by atoms with Crippen molar-refractivity contribution in [2.24, 2.45) is 0 Å². The van der Waals surface area contributed by atoms with Gasteiger partial charge in [-0.15, -0.1) is 0 Å². The standard InChI is InChI=1S/C20H22ClNO4/c1-14-11-15(21)4-9-19(14)26-13-20(23)22-16-5-7-17(8-6-16)25-12-18-3-2-10-24-18/h4-9,11,18H,2-3,10,12-13H2,1H3,(H,22,23)/t18-/m1/s1. The Labute approximate surface area is 158 Å². The van der Waals surface area contributed by atoms with Gasteiger partial charge in [-0.1, -0.05) is 11.6 Å². The second-order valence-electron chi connectivity index (χ2n) is 6.22. The summed E-state index contributed by atoms with van der Waals surface area (Å²) in [4.78, 5) is 12.0. The fraction of sp³-hybridized carbons (Fsp3) is 0.350. The van der Waals surface area contributed by atoms with Crippen molar-refractivity contribution in [1.29, 1.82) is 0 Å². The fourth-order valence-electron chi connectivity index (χ4n) is 2.71. The van der Waals surface area contributed by atoms with Gasteiger partial charge in [0.2, 0.25) is 0 Å². The first-order chi connectivity index (χ1) is 12.6. The number of nitrogens with one attached hydrogen (secondary N) is 1. The summed E-state index contributed by atoms with van der Waals surface area (Å²) in [6.45, 7) is 3.19. The van der Waals surface area contributed by atoms with Crippen LogP contribution in [0.4, 0.5) is 5.69 Å². The molecule has 138 valence electrons. The Hall–Kier alpha value is -2.24. The maximum atomic E-state index is 12.0. The molecule has 1 amide bonds. The molecule has 6 heteroatoms. The molecular formula is C20H22ClNO4. The van der Waals surface area contributed by atoms with Crippen molar-refractivity contribution < 1.29 is 19.0 Å². The van der Waals surface area contributed by atoms with Crippen LogP contribution in [0.1, 0.15) is 18.4 Å². The number of rotatable bonds is 7. The van der Waals surface area contributed by atoms with E-state index >= 15 is 0 Å². The fourth-order valence-corrected chi connectivity index (χ4v) is 2.94. The highest BCUT2D eigenvalue weighted by Gasteiger charge is 2.15. The zero-order valence-corrected chi connectivity index (χ0v) is 15.4. The zero-order valence-electron chi connectivity index (χ0n) is 14.7. The van der Waals surface area contributed by atoms with Gasteiger partial charge in [0.15, 0.2) is 6.61 Å². The number of halogens is 1. The van der Waals surface area contributed by atoms with Crippen LogP contribution in [0.2, 0.25) is 5.02 Å². The van der Waals surface area contributed by atoms with E-state index in [0.29, 0.717) is 23.1 Å². The average molecular weight is 376 g/mol. The van der Waals surface area contributed by atoms with E-state index in [1.165, 1.54) is 0 Å². The summed E-state index contributed by atoms with van der Waals surface area (Å²) < 4.78 is 16.8. The third kappa shape index (κ3) is 5.38. The lowest BCUT2D eigenvalue weighted by Gasteiger charge is -2.12. The van der Waals surface area contributed by atoms with E-state index in [4.69, 9.17) is 25.8 Å². The quantitative estimate of drug-likeness (QED) is 0.787. The van der Waals surface area contributed by atoms with E-state index < -0.39 is 0 Å². The first kappa shape index (κ1) is 18.5. The van der Waals surface area contributed by atoms with Gasteiger partial charge in [-0.25, -0.2) is 0 Å². The number of carbonyl (C=O) groups is 1. The minimum Gasteiger partial charge on any atom is -0.491 e. The molecule has 3 rings (SSSR count). The molecule has 0 spiro atoms. The van der Waals surface area contributed by atoms with Crippen molar-refractivity contribution in [1.82, 2.24) is 0 Å². The Morgan fingerprint density at radius 1 is 1.23 bits per heavy atom. The predicted molar refractivity (Wildman–Crippen MR) is 101 cm³/mol. The van der Waals surface area contributed by atoms with Crippen molar-refractivity contribution >= 4 is 23.2 Å². The number of aryl methyl sites for hydroxylation is 1. The molecule has 1 heterocycles. The van der Waals surface area contributed by atoms with Crippen LogP contribution in [0.15, 0.2) is 42.5 Å². The van der Waals surface area contributed by atoms with Crippen molar-refractivity contribution in [3.8, 4) is 11.5 Å². The van der Waals surface area contributed by atoms with Crippen LogP contribution < -0.4 is 14.8 Å². The number of anilines is 1. The molecule has 0 saturated carbocycles. The third-order valence-corrected chi connectivity index (χ3v) is 4.33. The molecule has 2 aromatic carbocycles. The molecule has 0 radical (unpaired) electrons. The zero-order chi connectivity index (χ0) is 18.4. The Balaban J connectivity index is 1.44. The lowest BCUT2D eigenvalue weighted by atomic mass is 10.2. The van der Waals surface area contributed by atoms with Crippen LogP contribution in [0, 0.1) is 6.92 Å². The largest absolute Gasteiger partial charge is 0.491 e. The number of ether oxygens (including phenoxy) is 3. The summed E-state index contributed by atoms with van der Waals surface area (Å²) in [6, 6.07) is 12.5. The van der Waals surface area contributed by atoms with Crippen molar-refractivity contribution in [2.75, 3.05) is 25.1 Å². The van der Waals surface area contributed by atoms with E-state index in [1.54, 1.807) is 30.3 Å². The van der Waals surface area contributed by atoms with E-state index in [2.05, 4.69) is 5.32 Å². The molecule has 2 aromatic rings. The molecule has 0 unspecified atom stereocenters. The number of hydrogen-bond donors (Lipinski definition) is 1. The molecule has 5 nitrogen and oxygen atoms in total. The molecular weight excluding hydrogens is 354 g/mol. The third-order valence-electron chi connectivity index (χ3n) is 4.09. The first-order valence-corrected chi connectivity index (χ1v) is 9.01. The topological polar surface area (TPSA) is 56.8 Å². The molecule has 26 heavy (non-hydrogen) atoms. The van der Waals surface area contributed by atoms with Crippen LogP contribution in [-0.4, -0.2) is 31.8 Å². The molecule has 1 atom stereocenters. The molecule has 0 aromatic heterocycles. The molecule has 1 aliphatic rings. The van der Waals surface area contributed by atoms with Crippen LogP contribution >= 0.6 is 11.6 Å². The van der Waals surface area contributed by atoms with Crippen molar-refractivity contribution in [2.45, 2.75) is 25.9 Å². The highest BCUT2D eigenvalue weighted by Crippen LogP contribution is 2.22. The van der Waals surface area contributed by atoms with Crippen LogP contribution in [0.25, 0.3) is 0 Å². The number of benzene rings is 2. The molecule has 0 bridgehead atoms. The highest BCUT2D eigenvalue weighted by molar-refractivity contribution is 6.30. The summed E-state index contributed by atoms with van der Waals surface area (Å²) in [5.41, 5.74) is 1.58. The lowest BCUT2D eigenvalue weighted by Crippen LogP contribution is -2.20. The lowest BCUT2D eigenvalue weighted by molar-refractivity contribution is -0.118. The van der Waals surface area contributed by atoms with Crippen molar-refractivity contribution in [3.05, 3.63) is 53.1 Å². The number of carbonyl (C=O) groups excluding carboxylic acids is 1. The molecule has 1 N–H and O–H groups in total. The van der Waals surface area contributed by atoms with Gasteiger partial charge < -0.3 is 19.5 Å². The van der Waals surface area contributed by atoms with Gasteiger partial charge in [0.1, 0.15) is 18.1 Å². The Morgan fingerprint density at radius 3 is 2.73 bits per heavy atom. The molecule has 1 saturated heterocycles. The minimum absolute atomic E-state index is 0.0697. The summed E-state index contributed by atoms with van der Waals surface area (Å²) in [5, 5.41) is 3.44. The summed E-state index contributed by atoms with van der Waals surface area (Å²) in [7, 11) is 0. The van der Waals surface area contributed by atoms with Gasteiger partial charge in [-0.05, 0) is 67.8 Å². The Bertz CT molecular complexity index is 742. The van der Waals surface area contributed by atoms with Crippen molar-refractivity contribution in [3.63, 3.8) is 0 Å². The van der Waals surface area contributed by atoms with E-state index in [-0.39, 0.29) is 18.6 Å². The van der Waals surface area contributed by atoms with Gasteiger partial charge in [-0.3, -0.25) is 4.79 Å². The first-order valence-electron chi connectivity index (χ1n) is 8.63. The van der Waals surface area contributed by atoms with Gasteiger partial charge >= 0.3 is 0 Å². The second-order valence-corrected chi connectivity index (χ2v) is 6.65. The Morgan fingerprint density at radius 2 is 2.04 bits per heavy atom. The maximum absolute atomic E-state index is 12.0. The molecule has 0 aliphatic carbocycles. The normalized spacial score (nSPS) is 16.3. The van der Waals surface area contributed by atoms with Crippen LogP contribution in [0.3, 0.4) is 0 Å². The molecule has 1 aliphatic heterocycles. The van der Waals surface area contributed by atoms with E-state index in [9.17, 15) is 4.79 Å². The Kier molecular flexibility index (Phi) is 6.36. The van der Waals surface area contributed by atoms with E-state index in [0.717, 1.165) is 30.8 Å². The second kappa shape index (κ2) is 8.92. The summed E-state index contributed by atoms with van der Waals surface area (Å²) >= 11 is 5.91. The average Bonchev–Trinajstić information content (AvgIpc) is 3.14. The van der Waals surface area contributed by atoms with Gasteiger partial charge in [0, 0.05) is 17.3 Å². The van der Waals surface area contributed by atoms with Gasteiger partial charge in [0.05, 0.1) is 6.10 Å². The smallest absolute Gasteiger partial charge is 0.262 e. The number of amides is 1. The van der Waals surface area contributed by atoms with Crippen LogP contribution in [-0.2, 0) is 9.53 Å². The predicted octanol–water partition coefficient (Wildman–Crippen LogP) is 4.22. The highest BCUT2D eigenvalue weighted by atomic mass is 35.5. The molecule has 1 fully saturated rings. The van der Waals surface area contributed by atoms with Gasteiger partial charge in [0.25, 0.3) is 5.91 Å². The SMILES string of the molecule is Cc1cc(Cl)ccc1OCC(=O)Nc1ccc(OC[C@H]2CCCO2)cc1. The van der Waals surface area contributed by atoms with E-state index in [1.807, 2.05) is 19.1 Å². The summed E-state index contributed by atoms with van der Waals surface area (Å²) in [5.74, 6) is 1.17.